The molecule has 1 aliphatic rings. The van der Waals surface area contributed by atoms with Crippen molar-refractivity contribution in [3.8, 4) is 0 Å². The summed E-state index contributed by atoms with van der Waals surface area (Å²) in [6.45, 7) is 10.9. The van der Waals surface area contributed by atoms with E-state index in [2.05, 4.69) is 47.9 Å². The molecule has 2 rings (SSSR count). The number of benzene rings is 1. The largest absolute Gasteiger partial charge is 0.369 e. The number of nitrogens with two attached hydrogens (primary N) is 1. The minimum Gasteiger partial charge on any atom is -0.369 e. The molecule has 1 fully saturated rings. The van der Waals surface area contributed by atoms with Gasteiger partial charge < -0.3 is 10.6 Å². The molecule has 100 valence electrons. The van der Waals surface area contributed by atoms with Crippen LogP contribution in [0.2, 0.25) is 0 Å². The number of aryl methyl sites for hydroxylation is 1. The van der Waals surface area contributed by atoms with Crippen molar-refractivity contribution in [1.82, 2.24) is 4.90 Å². The van der Waals surface area contributed by atoms with Crippen LogP contribution < -0.4 is 10.6 Å². The predicted octanol–water partition coefficient (Wildman–Crippen LogP) is 1.71. The van der Waals surface area contributed by atoms with Crippen molar-refractivity contribution in [3.63, 3.8) is 0 Å². The van der Waals surface area contributed by atoms with E-state index in [4.69, 9.17) is 5.73 Å². The molecule has 0 aromatic heterocycles. The van der Waals surface area contributed by atoms with Crippen LogP contribution in [0.25, 0.3) is 0 Å². The van der Waals surface area contributed by atoms with Crippen molar-refractivity contribution in [2.24, 2.45) is 11.7 Å². The zero-order valence-corrected chi connectivity index (χ0v) is 11.6. The third-order valence-corrected chi connectivity index (χ3v) is 3.71. The Morgan fingerprint density at radius 2 is 1.94 bits per heavy atom. The Morgan fingerprint density at radius 1 is 1.22 bits per heavy atom. The van der Waals surface area contributed by atoms with E-state index >= 15 is 0 Å². The highest BCUT2D eigenvalue weighted by Crippen LogP contribution is 2.18. The summed E-state index contributed by atoms with van der Waals surface area (Å²) < 4.78 is 0. The van der Waals surface area contributed by atoms with E-state index in [1.54, 1.807) is 0 Å². The van der Waals surface area contributed by atoms with Crippen LogP contribution >= 0.6 is 0 Å². The molecule has 2 N–H and O–H groups in total. The van der Waals surface area contributed by atoms with Crippen LogP contribution in [0.5, 0.6) is 0 Å². The molecule has 1 atom stereocenters. The van der Waals surface area contributed by atoms with E-state index in [0.717, 1.165) is 39.3 Å². The van der Waals surface area contributed by atoms with Crippen molar-refractivity contribution < 1.29 is 0 Å². The summed E-state index contributed by atoms with van der Waals surface area (Å²) >= 11 is 0. The second-order valence-electron chi connectivity index (χ2n) is 5.47. The molecule has 18 heavy (non-hydrogen) atoms. The number of nitrogens with zero attached hydrogens (tertiary/aromatic N) is 2. The summed E-state index contributed by atoms with van der Waals surface area (Å²) in [6, 6.07) is 8.79. The Morgan fingerprint density at radius 3 is 2.56 bits per heavy atom. The van der Waals surface area contributed by atoms with Crippen LogP contribution in [0, 0.1) is 12.8 Å². The molecule has 0 saturated carbocycles. The fourth-order valence-corrected chi connectivity index (χ4v) is 2.53. The predicted molar refractivity (Wildman–Crippen MR) is 78.1 cm³/mol. The van der Waals surface area contributed by atoms with Crippen LogP contribution in [-0.4, -0.2) is 44.2 Å². The number of hydrogen-bond donors (Lipinski definition) is 1. The number of hydrogen-bond acceptors (Lipinski definition) is 3. The number of piperazine rings is 1. The lowest BCUT2D eigenvalue weighted by Gasteiger charge is -2.37. The molecule has 0 radical (unpaired) electrons. The molecule has 1 aliphatic heterocycles. The van der Waals surface area contributed by atoms with E-state index in [-0.39, 0.29) is 0 Å². The molecule has 1 aromatic carbocycles. The Labute approximate surface area is 111 Å². The van der Waals surface area contributed by atoms with Gasteiger partial charge in [0.1, 0.15) is 0 Å². The maximum atomic E-state index is 5.69. The first kappa shape index (κ1) is 13.4. The minimum absolute atomic E-state index is 0.607. The fraction of sp³-hybridized carbons (Fsp3) is 0.600. The first-order valence-corrected chi connectivity index (χ1v) is 6.93. The monoisotopic (exact) mass is 247 g/mol. The molecule has 0 spiro atoms. The van der Waals surface area contributed by atoms with Gasteiger partial charge in [0.2, 0.25) is 0 Å². The van der Waals surface area contributed by atoms with Gasteiger partial charge >= 0.3 is 0 Å². The van der Waals surface area contributed by atoms with Crippen molar-refractivity contribution in [2.45, 2.75) is 13.8 Å². The molecule has 0 bridgehead atoms. The Balaban J connectivity index is 1.87. The van der Waals surface area contributed by atoms with Gasteiger partial charge in [-0.3, -0.25) is 4.90 Å². The van der Waals surface area contributed by atoms with E-state index in [0.29, 0.717) is 5.92 Å². The molecule has 1 unspecified atom stereocenters. The average molecular weight is 247 g/mol. The molecule has 3 nitrogen and oxygen atoms in total. The highest BCUT2D eigenvalue weighted by atomic mass is 15.3. The summed E-state index contributed by atoms with van der Waals surface area (Å²) in [4.78, 5) is 5.01. The van der Waals surface area contributed by atoms with Crippen LogP contribution in [0.15, 0.2) is 24.3 Å². The average Bonchev–Trinajstić information content (AvgIpc) is 2.39. The van der Waals surface area contributed by atoms with Crippen molar-refractivity contribution >= 4 is 5.69 Å². The standard InChI is InChI=1S/C15H25N3/c1-13-4-3-5-15(10-13)18-8-6-17(7-9-18)12-14(2)11-16/h3-5,10,14H,6-9,11-12,16H2,1-2H3. The Hall–Kier alpha value is -1.06. The van der Waals surface area contributed by atoms with E-state index in [1.807, 2.05) is 0 Å². The maximum absolute atomic E-state index is 5.69. The maximum Gasteiger partial charge on any atom is 0.0369 e. The van der Waals surface area contributed by atoms with E-state index in [1.165, 1.54) is 11.3 Å². The third kappa shape index (κ3) is 3.47. The summed E-state index contributed by atoms with van der Waals surface area (Å²) in [5.41, 5.74) is 8.39. The van der Waals surface area contributed by atoms with Crippen LogP contribution in [0.3, 0.4) is 0 Å². The van der Waals surface area contributed by atoms with Gasteiger partial charge in [-0.15, -0.1) is 0 Å². The van der Waals surface area contributed by atoms with Gasteiger partial charge in [0.25, 0.3) is 0 Å². The molecule has 1 heterocycles. The molecule has 1 saturated heterocycles. The van der Waals surface area contributed by atoms with Gasteiger partial charge in [0.15, 0.2) is 0 Å². The smallest absolute Gasteiger partial charge is 0.0369 e. The molecular formula is C15H25N3. The van der Waals surface area contributed by atoms with Crippen molar-refractivity contribution in [3.05, 3.63) is 29.8 Å². The summed E-state index contributed by atoms with van der Waals surface area (Å²) in [6.07, 6.45) is 0. The van der Waals surface area contributed by atoms with Gasteiger partial charge in [0, 0.05) is 38.4 Å². The molecule has 0 amide bonds. The second-order valence-corrected chi connectivity index (χ2v) is 5.47. The number of rotatable bonds is 4. The van der Waals surface area contributed by atoms with Crippen molar-refractivity contribution in [2.75, 3.05) is 44.2 Å². The normalized spacial score (nSPS) is 18.9. The van der Waals surface area contributed by atoms with Gasteiger partial charge in [-0.05, 0) is 37.1 Å². The lowest BCUT2D eigenvalue weighted by molar-refractivity contribution is 0.227. The van der Waals surface area contributed by atoms with Gasteiger partial charge in [-0.1, -0.05) is 19.1 Å². The van der Waals surface area contributed by atoms with Crippen LogP contribution in [0.1, 0.15) is 12.5 Å². The second kappa shape index (κ2) is 6.21. The first-order chi connectivity index (χ1) is 8.69. The van der Waals surface area contributed by atoms with Gasteiger partial charge in [0.05, 0.1) is 0 Å². The summed E-state index contributed by atoms with van der Waals surface area (Å²) in [7, 11) is 0. The lowest BCUT2D eigenvalue weighted by atomic mass is 10.1. The quantitative estimate of drug-likeness (QED) is 0.879. The first-order valence-electron chi connectivity index (χ1n) is 6.93. The van der Waals surface area contributed by atoms with E-state index in [9.17, 15) is 0 Å². The molecule has 1 aromatic rings. The minimum atomic E-state index is 0.607. The summed E-state index contributed by atoms with van der Waals surface area (Å²) in [5.74, 6) is 0.607. The van der Waals surface area contributed by atoms with Crippen LogP contribution in [-0.2, 0) is 0 Å². The molecular weight excluding hydrogens is 222 g/mol. The zero-order chi connectivity index (χ0) is 13.0. The van der Waals surface area contributed by atoms with Gasteiger partial charge in [-0.25, -0.2) is 0 Å². The summed E-state index contributed by atoms with van der Waals surface area (Å²) in [5, 5.41) is 0. The Bertz CT molecular complexity index is 370. The number of anilines is 1. The van der Waals surface area contributed by atoms with E-state index < -0.39 is 0 Å². The fourth-order valence-electron chi connectivity index (χ4n) is 2.53. The van der Waals surface area contributed by atoms with Crippen LogP contribution in [0.4, 0.5) is 5.69 Å². The topological polar surface area (TPSA) is 32.5 Å². The van der Waals surface area contributed by atoms with Gasteiger partial charge in [-0.2, -0.15) is 0 Å². The van der Waals surface area contributed by atoms with Crippen molar-refractivity contribution in [1.29, 1.82) is 0 Å². The highest BCUT2D eigenvalue weighted by molar-refractivity contribution is 5.48. The highest BCUT2D eigenvalue weighted by Gasteiger charge is 2.18. The molecule has 0 aliphatic carbocycles. The SMILES string of the molecule is Cc1cccc(N2CCN(CC(C)CN)CC2)c1. The zero-order valence-electron chi connectivity index (χ0n) is 11.6. The lowest BCUT2D eigenvalue weighted by Crippen LogP contribution is -2.48. The Kier molecular flexibility index (Phi) is 4.61. The molecule has 3 heteroatoms. The third-order valence-electron chi connectivity index (χ3n) is 3.71.